The van der Waals surface area contributed by atoms with Crippen LogP contribution in [0, 0.1) is 0 Å². The number of hydrogen-bond acceptors (Lipinski definition) is 2. The average Bonchev–Trinajstić information content (AvgIpc) is 2.27. The highest BCUT2D eigenvalue weighted by molar-refractivity contribution is 5.24. The Balaban J connectivity index is 2.38. The summed E-state index contributed by atoms with van der Waals surface area (Å²) in [7, 11) is 4.02. The standard InChI is InChI=1S/C14H21F3N2/c1-11(10-19(2)3)18-9-8-12-4-6-13(7-5-12)14(15,16)17/h4-7,11,18H,8-10H2,1-3H3. The zero-order valence-electron chi connectivity index (χ0n) is 11.6. The van der Waals surface area contributed by atoms with E-state index in [9.17, 15) is 13.2 Å². The SMILES string of the molecule is CC(CN(C)C)NCCc1ccc(C(F)(F)F)cc1. The minimum absolute atomic E-state index is 0.365. The summed E-state index contributed by atoms with van der Waals surface area (Å²) < 4.78 is 37.1. The molecule has 108 valence electrons. The molecule has 0 spiro atoms. The molecule has 1 unspecified atom stereocenters. The molecular weight excluding hydrogens is 253 g/mol. The molecule has 0 amide bonds. The molecule has 2 nitrogen and oxygen atoms in total. The van der Waals surface area contributed by atoms with Crippen molar-refractivity contribution in [2.45, 2.75) is 25.6 Å². The lowest BCUT2D eigenvalue weighted by Crippen LogP contribution is -2.36. The Kier molecular flexibility index (Phi) is 5.82. The first kappa shape index (κ1) is 16.0. The Labute approximate surface area is 112 Å². The highest BCUT2D eigenvalue weighted by Gasteiger charge is 2.29. The van der Waals surface area contributed by atoms with Gasteiger partial charge < -0.3 is 10.2 Å². The molecule has 1 aromatic carbocycles. The van der Waals surface area contributed by atoms with Crippen LogP contribution in [-0.4, -0.2) is 38.1 Å². The monoisotopic (exact) mass is 274 g/mol. The number of hydrogen-bond donors (Lipinski definition) is 1. The van der Waals surface area contributed by atoms with E-state index in [2.05, 4.69) is 17.1 Å². The Bertz CT molecular complexity index is 371. The lowest BCUT2D eigenvalue weighted by atomic mass is 10.1. The molecule has 5 heteroatoms. The van der Waals surface area contributed by atoms with Crippen molar-refractivity contribution in [3.05, 3.63) is 35.4 Å². The minimum atomic E-state index is -4.25. The maximum absolute atomic E-state index is 12.4. The molecule has 0 aromatic heterocycles. The molecule has 1 aromatic rings. The first-order chi connectivity index (χ1) is 8.79. The third kappa shape index (κ3) is 6.07. The first-order valence-corrected chi connectivity index (χ1v) is 6.33. The summed E-state index contributed by atoms with van der Waals surface area (Å²) in [6.07, 6.45) is -3.52. The summed E-state index contributed by atoms with van der Waals surface area (Å²) >= 11 is 0. The van der Waals surface area contributed by atoms with Gasteiger partial charge in [-0.2, -0.15) is 13.2 Å². The van der Waals surface area contributed by atoms with E-state index in [0.717, 1.165) is 37.2 Å². The van der Waals surface area contributed by atoms with Crippen molar-refractivity contribution in [2.75, 3.05) is 27.2 Å². The summed E-state index contributed by atoms with van der Waals surface area (Å²) in [4.78, 5) is 2.09. The summed E-state index contributed by atoms with van der Waals surface area (Å²) in [6, 6.07) is 5.73. The van der Waals surface area contributed by atoms with E-state index in [1.165, 1.54) is 0 Å². The summed E-state index contributed by atoms with van der Waals surface area (Å²) in [6.45, 7) is 3.79. The van der Waals surface area contributed by atoms with Gasteiger partial charge in [0, 0.05) is 12.6 Å². The van der Waals surface area contributed by atoms with Gasteiger partial charge in [-0.25, -0.2) is 0 Å². The van der Waals surface area contributed by atoms with Crippen LogP contribution >= 0.6 is 0 Å². The van der Waals surface area contributed by atoms with Crippen LogP contribution in [0.25, 0.3) is 0 Å². The number of benzene rings is 1. The number of rotatable bonds is 6. The maximum Gasteiger partial charge on any atom is 0.416 e. The molecule has 0 fully saturated rings. The molecule has 0 radical (unpaired) electrons. The van der Waals surface area contributed by atoms with E-state index in [4.69, 9.17) is 0 Å². The molecule has 0 aliphatic heterocycles. The van der Waals surface area contributed by atoms with Crippen LogP contribution in [0.2, 0.25) is 0 Å². The molecular formula is C14H21F3N2. The number of nitrogens with zero attached hydrogens (tertiary/aromatic N) is 1. The third-order valence-corrected chi connectivity index (χ3v) is 2.83. The lowest BCUT2D eigenvalue weighted by Gasteiger charge is -2.18. The Morgan fingerprint density at radius 2 is 1.74 bits per heavy atom. The van der Waals surface area contributed by atoms with Gasteiger partial charge in [0.05, 0.1) is 5.56 Å². The van der Waals surface area contributed by atoms with Gasteiger partial charge in [-0.05, 0) is 51.7 Å². The normalized spacial score (nSPS) is 13.8. The molecule has 19 heavy (non-hydrogen) atoms. The van der Waals surface area contributed by atoms with Crippen LogP contribution < -0.4 is 5.32 Å². The zero-order chi connectivity index (χ0) is 14.5. The van der Waals surface area contributed by atoms with Gasteiger partial charge in [-0.3, -0.25) is 0 Å². The van der Waals surface area contributed by atoms with Crippen molar-refractivity contribution in [1.29, 1.82) is 0 Å². The fourth-order valence-corrected chi connectivity index (χ4v) is 1.94. The molecule has 0 saturated carbocycles. The van der Waals surface area contributed by atoms with Crippen LogP contribution in [0.1, 0.15) is 18.1 Å². The minimum Gasteiger partial charge on any atom is -0.313 e. The van der Waals surface area contributed by atoms with E-state index < -0.39 is 11.7 Å². The largest absolute Gasteiger partial charge is 0.416 e. The van der Waals surface area contributed by atoms with E-state index in [1.54, 1.807) is 12.1 Å². The average molecular weight is 274 g/mol. The second-order valence-corrected chi connectivity index (χ2v) is 5.06. The van der Waals surface area contributed by atoms with Crippen LogP contribution in [0.15, 0.2) is 24.3 Å². The second kappa shape index (κ2) is 6.91. The van der Waals surface area contributed by atoms with Gasteiger partial charge in [-0.15, -0.1) is 0 Å². The lowest BCUT2D eigenvalue weighted by molar-refractivity contribution is -0.137. The predicted octanol–water partition coefficient (Wildman–Crippen LogP) is 2.79. The quantitative estimate of drug-likeness (QED) is 0.858. The van der Waals surface area contributed by atoms with Gasteiger partial charge in [-0.1, -0.05) is 12.1 Å². The van der Waals surface area contributed by atoms with Crippen molar-refractivity contribution in [3.8, 4) is 0 Å². The first-order valence-electron chi connectivity index (χ1n) is 6.33. The van der Waals surface area contributed by atoms with Crippen molar-refractivity contribution < 1.29 is 13.2 Å². The Hall–Kier alpha value is -1.07. The van der Waals surface area contributed by atoms with Crippen molar-refractivity contribution >= 4 is 0 Å². The van der Waals surface area contributed by atoms with Gasteiger partial charge >= 0.3 is 6.18 Å². The highest BCUT2D eigenvalue weighted by Crippen LogP contribution is 2.29. The van der Waals surface area contributed by atoms with E-state index in [0.29, 0.717) is 6.04 Å². The van der Waals surface area contributed by atoms with E-state index in [1.807, 2.05) is 14.1 Å². The third-order valence-electron chi connectivity index (χ3n) is 2.83. The van der Waals surface area contributed by atoms with E-state index in [-0.39, 0.29) is 0 Å². The van der Waals surface area contributed by atoms with Gasteiger partial charge in [0.15, 0.2) is 0 Å². The smallest absolute Gasteiger partial charge is 0.313 e. The number of halogens is 3. The van der Waals surface area contributed by atoms with Gasteiger partial charge in [0.2, 0.25) is 0 Å². The molecule has 0 heterocycles. The fraction of sp³-hybridized carbons (Fsp3) is 0.571. The van der Waals surface area contributed by atoms with Gasteiger partial charge in [0.25, 0.3) is 0 Å². The molecule has 0 bridgehead atoms. The Morgan fingerprint density at radius 1 is 1.16 bits per heavy atom. The van der Waals surface area contributed by atoms with Crippen LogP contribution in [0.3, 0.4) is 0 Å². The number of likely N-dealkylation sites (N-methyl/N-ethyl adjacent to an activating group) is 1. The molecule has 1 atom stereocenters. The second-order valence-electron chi connectivity index (χ2n) is 5.06. The Morgan fingerprint density at radius 3 is 2.21 bits per heavy atom. The fourth-order valence-electron chi connectivity index (χ4n) is 1.94. The van der Waals surface area contributed by atoms with Gasteiger partial charge in [0.1, 0.15) is 0 Å². The molecule has 0 aliphatic rings. The molecule has 1 rings (SSSR count). The summed E-state index contributed by atoms with van der Waals surface area (Å²) in [5, 5.41) is 3.34. The maximum atomic E-state index is 12.4. The molecule has 0 saturated heterocycles. The highest BCUT2D eigenvalue weighted by atomic mass is 19.4. The van der Waals surface area contributed by atoms with Crippen LogP contribution in [0.5, 0.6) is 0 Å². The van der Waals surface area contributed by atoms with Crippen LogP contribution in [-0.2, 0) is 12.6 Å². The number of alkyl halides is 3. The van der Waals surface area contributed by atoms with E-state index >= 15 is 0 Å². The molecule has 0 aliphatic carbocycles. The zero-order valence-corrected chi connectivity index (χ0v) is 11.6. The van der Waals surface area contributed by atoms with Crippen molar-refractivity contribution in [2.24, 2.45) is 0 Å². The van der Waals surface area contributed by atoms with Crippen LogP contribution in [0.4, 0.5) is 13.2 Å². The summed E-state index contributed by atoms with van der Waals surface area (Å²) in [5.74, 6) is 0. The number of nitrogens with one attached hydrogen (secondary N) is 1. The van der Waals surface area contributed by atoms with Crippen molar-refractivity contribution in [1.82, 2.24) is 10.2 Å². The topological polar surface area (TPSA) is 15.3 Å². The summed E-state index contributed by atoms with van der Waals surface area (Å²) in [5.41, 5.74) is 0.322. The van der Waals surface area contributed by atoms with Crippen molar-refractivity contribution in [3.63, 3.8) is 0 Å². The predicted molar refractivity (Wildman–Crippen MR) is 71.2 cm³/mol. The molecule has 1 N–H and O–H groups in total.